The zero-order valence-corrected chi connectivity index (χ0v) is 22.7. The Bertz CT molecular complexity index is 1330. The first kappa shape index (κ1) is 27.8. The number of hydrogen-bond donors (Lipinski definition) is 3. The molecule has 1 aromatic heterocycles. The van der Waals surface area contributed by atoms with Gasteiger partial charge in [-0.25, -0.2) is 19.2 Å². The van der Waals surface area contributed by atoms with E-state index in [9.17, 15) is 8.78 Å². The topological polar surface area (TPSA) is 113 Å². The summed E-state index contributed by atoms with van der Waals surface area (Å²) in [5.74, 6) is -0.636. The van der Waals surface area contributed by atoms with Crippen molar-refractivity contribution in [1.29, 1.82) is 5.41 Å². The molecule has 2 aromatic carbocycles. The maximum absolute atomic E-state index is 14.9. The van der Waals surface area contributed by atoms with Crippen LogP contribution in [0, 0.1) is 17.0 Å². The van der Waals surface area contributed by atoms with Gasteiger partial charge in [0, 0.05) is 36.4 Å². The number of likely N-dealkylation sites (tertiary alicyclic amines) is 1. The van der Waals surface area contributed by atoms with E-state index < -0.39 is 11.6 Å². The van der Waals surface area contributed by atoms with Crippen LogP contribution in [-0.4, -0.2) is 53.9 Å². The van der Waals surface area contributed by atoms with Crippen molar-refractivity contribution < 1.29 is 17.8 Å². The Hall–Kier alpha value is -3.19. The predicted molar refractivity (Wildman–Crippen MR) is 148 cm³/mol. The molecular formula is C25H28ClF2N7O2S. The molecule has 0 bridgehead atoms. The van der Waals surface area contributed by atoms with Crippen LogP contribution in [0.5, 0.6) is 5.88 Å². The van der Waals surface area contributed by atoms with Gasteiger partial charge in [-0.15, -0.1) is 0 Å². The zero-order chi connectivity index (χ0) is 27.4. The van der Waals surface area contributed by atoms with Crippen molar-refractivity contribution in [3.8, 4) is 17.3 Å². The highest BCUT2D eigenvalue weighted by atomic mass is 35.5. The van der Waals surface area contributed by atoms with Gasteiger partial charge in [-0.3, -0.25) is 4.31 Å². The van der Waals surface area contributed by atoms with Crippen LogP contribution in [0.2, 0.25) is 5.02 Å². The average molecular weight is 564 g/mol. The first-order valence-electron chi connectivity index (χ1n) is 11.8. The van der Waals surface area contributed by atoms with E-state index in [1.807, 2.05) is 0 Å². The standard InChI is InChI=1S/C25H28ClF2N7O2S/c1-14(29)22-23(30)31-24(32-25(22)36-17-8-10-34(2)11-9-17)15-4-7-20(19(28)12-15)33-37-38-35(3)21-13-16(26)5-6-18(21)27/h4-7,12-13,17,29,33H,8-11H2,1-3H3,(H2,30,31,32). The van der Waals surface area contributed by atoms with Gasteiger partial charge in [-0.05, 0) is 63.2 Å². The highest BCUT2D eigenvalue weighted by Gasteiger charge is 2.23. The molecule has 1 fully saturated rings. The summed E-state index contributed by atoms with van der Waals surface area (Å²) in [5, 5.41) is 8.48. The molecule has 2 heterocycles. The second kappa shape index (κ2) is 12.1. The second-order valence-corrected chi connectivity index (χ2v) is 10.2. The van der Waals surface area contributed by atoms with Gasteiger partial charge in [0.1, 0.15) is 35.8 Å². The first-order valence-corrected chi connectivity index (χ1v) is 12.9. The quantitative estimate of drug-likeness (QED) is 0.133. The lowest BCUT2D eigenvalue weighted by molar-refractivity contribution is 0.110. The van der Waals surface area contributed by atoms with Crippen LogP contribution in [0.3, 0.4) is 0 Å². The van der Waals surface area contributed by atoms with E-state index in [-0.39, 0.29) is 40.7 Å². The molecule has 4 N–H and O–H groups in total. The van der Waals surface area contributed by atoms with Gasteiger partial charge in [-0.1, -0.05) is 11.6 Å². The van der Waals surface area contributed by atoms with Gasteiger partial charge < -0.3 is 20.8 Å². The number of anilines is 3. The Morgan fingerprint density at radius 3 is 2.61 bits per heavy atom. The molecule has 4 rings (SSSR count). The smallest absolute Gasteiger partial charge is 0.228 e. The van der Waals surface area contributed by atoms with Gasteiger partial charge in [0.15, 0.2) is 5.82 Å². The molecule has 13 heteroatoms. The monoisotopic (exact) mass is 563 g/mol. The van der Waals surface area contributed by atoms with Crippen LogP contribution >= 0.6 is 23.8 Å². The fourth-order valence-electron chi connectivity index (χ4n) is 3.91. The molecule has 0 radical (unpaired) electrons. The number of nitrogens with zero attached hydrogens (tertiary/aromatic N) is 4. The fraction of sp³-hybridized carbons (Fsp3) is 0.320. The molecule has 1 aliphatic heterocycles. The van der Waals surface area contributed by atoms with Crippen molar-refractivity contribution in [2.45, 2.75) is 25.9 Å². The summed E-state index contributed by atoms with van der Waals surface area (Å²) in [6.45, 7) is 3.37. The van der Waals surface area contributed by atoms with Crippen LogP contribution in [-0.2, 0) is 4.28 Å². The van der Waals surface area contributed by atoms with E-state index in [4.69, 9.17) is 31.8 Å². The molecule has 0 atom stereocenters. The zero-order valence-electron chi connectivity index (χ0n) is 21.1. The molecule has 0 amide bonds. The number of nitrogen functional groups attached to an aromatic ring is 1. The van der Waals surface area contributed by atoms with E-state index in [1.54, 1.807) is 20.0 Å². The molecule has 202 valence electrons. The largest absolute Gasteiger partial charge is 0.474 e. The summed E-state index contributed by atoms with van der Waals surface area (Å²) in [4.78, 5) is 11.0. The molecular weight excluding hydrogens is 536 g/mol. The summed E-state index contributed by atoms with van der Waals surface area (Å²) < 4.78 is 41.8. The van der Waals surface area contributed by atoms with Crippen LogP contribution in [0.15, 0.2) is 36.4 Å². The van der Waals surface area contributed by atoms with Gasteiger partial charge in [0.05, 0.1) is 16.9 Å². The molecule has 1 aliphatic rings. The Labute approximate surface area is 229 Å². The number of benzene rings is 2. The number of rotatable bonds is 9. The summed E-state index contributed by atoms with van der Waals surface area (Å²) in [5.41, 5.74) is 9.80. The molecule has 0 spiro atoms. The number of hydrogen-bond acceptors (Lipinski definition) is 10. The first-order chi connectivity index (χ1) is 18.1. The van der Waals surface area contributed by atoms with Crippen LogP contribution in [0.4, 0.5) is 26.0 Å². The van der Waals surface area contributed by atoms with E-state index in [1.165, 1.54) is 34.6 Å². The van der Waals surface area contributed by atoms with Crippen molar-refractivity contribution in [2.24, 2.45) is 0 Å². The van der Waals surface area contributed by atoms with E-state index in [0.29, 0.717) is 16.1 Å². The maximum atomic E-state index is 14.9. The Morgan fingerprint density at radius 2 is 1.92 bits per heavy atom. The molecule has 0 aliphatic carbocycles. The van der Waals surface area contributed by atoms with Crippen molar-refractivity contribution >= 4 is 46.7 Å². The molecule has 9 nitrogen and oxygen atoms in total. The number of halogens is 3. The highest BCUT2D eigenvalue weighted by molar-refractivity contribution is 7.96. The van der Waals surface area contributed by atoms with Crippen LogP contribution in [0.1, 0.15) is 25.3 Å². The summed E-state index contributed by atoms with van der Waals surface area (Å²) in [7, 11) is 3.63. The Kier molecular flexibility index (Phi) is 8.87. The molecule has 1 saturated heterocycles. The Balaban J connectivity index is 1.48. The lowest BCUT2D eigenvalue weighted by Gasteiger charge is -2.29. The summed E-state index contributed by atoms with van der Waals surface area (Å²) in [6, 6.07) is 8.43. The maximum Gasteiger partial charge on any atom is 0.228 e. The third-order valence-electron chi connectivity index (χ3n) is 6.00. The van der Waals surface area contributed by atoms with Gasteiger partial charge >= 0.3 is 0 Å². The molecule has 0 unspecified atom stereocenters. The highest BCUT2D eigenvalue weighted by Crippen LogP contribution is 2.31. The van der Waals surface area contributed by atoms with Crippen LogP contribution < -0.4 is 20.3 Å². The molecule has 38 heavy (non-hydrogen) atoms. The minimum absolute atomic E-state index is 0.0453. The number of nitrogens with two attached hydrogens (primary N) is 1. The summed E-state index contributed by atoms with van der Waals surface area (Å²) >= 11 is 6.69. The Morgan fingerprint density at radius 1 is 1.18 bits per heavy atom. The van der Waals surface area contributed by atoms with E-state index in [0.717, 1.165) is 38.2 Å². The number of nitrogens with one attached hydrogen (secondary N) is 2. The third-order valence-corrected chi connectivity index (χ3v) is 6.81. The normalized spacial score (nSPS) is 14.4. The third kappa shape index (κ3) is 6.62. The lowest BCUT2D eigenvalue weighted by atomic mass is 10.1. The van der Waals surface area contributed by atoms with Crippen molar-refractivity contribution in [2.75, 3.05) is 42.7 Å². The van der Waals surface area contributed by atoms with Gasteiger partial charge in [-0.2, -0.15) is 9.27 Å². The molecule has 0 saturated carbocycles. The SMILES string of the molecule is CC(=N)c1c(N)nc(-c2ccc(NOSN(C)c3cc(Cl)ccc3F)c(F)c2)nc1OC1CCN(C)CC1. The predicted octanol–water partition coefficient (Wildman–Crippen LogP) is 5.56. The van der Waals surface area contributed by atoms with Crippen LogP contribution in [0.25, 0.3) is 11.4 Å². The van der Waals surface area contributed by atoms with E-state index >= 15 is 0 Å². The van der Waals surface area contributed by atoms with Crippen molar-refractivity contribution in [3.05, 3.63) is 58.6 Å². The lowest BCUT2D eigenvalue weighted by Crippen LogP contribution is -2.36. The van der Waals surface area contributed by atoms with Crippen molar-refractivity contribution in [3.63, 3.8) is 0 Å². The molecule has 3 aromatic rings. The minimum Gasteiger partial charge on any atom is -0.474 e. The van der Waals surface area contributed by atoms with Crippen molar-refractivity contribution in [1.82, 2.24) is 14.9 Å². The number of aromatic nitrogens is 2. The summed E-state index contributed by atoms with van der Waals surface area (Å²) in [6.07, 6.45) is 1.57. The second-order valence-electron chi connectivity index (χ2n) is 8.91. The minimum atomic E-state index is -0.632. The van der Waals surface area contributed by atoms with Gasteiger partial charge in [0.25, 0.3) is 0 Å². The van der Waals surface area contributed by atoms with E-state index in [2.05, 4.69) is 27.4 Å². The number of ether oxygens (including phenoxy) is 1. The average Bonchev–Trinajstić information content (AvgIpc) is 2.87. The van der Waals surface area contributed by atoms with Gasteiger partial charge in [0.2, 0.25) is 5.88 Å². The number of piperidine rings is 1. The fourth-order valence-corrected chi connectivity index (χ4v) is 4.53.